The van der Waals surface area contributed by atoms with Crippen molar-refractivity contribution in [1.82, 2.24) is 0 Å². The van der Waals surface area contributed by atoms with E-state index >= 15 is 0 Å². The van der Waals surface area contributed by atoms with Gasteiger partial charge in [-0.05, 0) is 44.1 Å². The molecule has 1 N–H and O–H groups in total. The van der Waals surface area contributed by atoms with Crippen LogP contribution in [0.4, 0.5) is 0 Å². The normalized spacial score (nSPS) is 22.6. The molecule has 3 heteroatoms. The van der Waals surface area contributed by atoms with Gasteiger partial charge in [-0.25, -0.2) is 0 Å². The fourth-order valence-electron chi connectivity index (χ4n) is 4.54. The van der Waals surface area contributed by atoms with Crippen LogP contribution in [0.15, 0.2) is 18.2 Å². The summed E-state index contributed by atoms with van der Waals surface area (Å²) in [5, 5.41) is 9.91. The molecule has 21 heavy (non-hydrogen) atoms. The molecule has 2 aliphatic carbocycles. The van der Waals surface area contributed by atoms with Gasteiger partial charge in [0.2, 0.25) is 0 Å². The minimum atomic E-state index is -0.741. The standard InChI is InChI=1S/C18H24O3/c1-13-6-7-15(21-2)14(10-13)18(16(19)20)11-17(12-18)8-4-3-5-9-17/h6-7,10H,3-5,8-9,11-12H2,1-2H3,(H,19,20). The third kappa shape index (κ3) is 2.23. The monoisotopic (exact) mass is 288 g/mol. The number of rotatable bonds is 3. The molecule has 2 aliphatic rings. The fraction of sp³-hybridized carbons (Fsp3) is 0.611. The van der Waals surface area contributed by atoms with E-state index in [2.05, 4.69) is 0 Å². The number of carbonyl (C=O) groups is 1. The highest BCUT2D eigenvalue weighted by atomic mass is 16.5. The number of carboxylic acids is 1. The highest BCUT2D eigenvalue weighted by Crippen LogP contribution is 2.63. The first kappa shape index (κ1) is 14.4. The Bertz CT molecular complexity index is 548. The molecule has 3 rings (SSSR count). The Labute approximate surface area is 126 Å². The molecule has 0 amide bonds. The van der Waals surface area contributed by atoms with Gasteiger partial charge >= 0.3 is 5.97 Å². The smallest absolute Gasteiger partial charge is 0.314 e. The molecule has 0 aliphatic heterocycles. The number of carboxylic acid groups (broad SMARTS) is 1. The van der Waals surface area contributed by atoms with Gasteiger partial charge in [0, 0.05) is 5.56 Å². The summed E-state index contributed by atoms with van der Waals surface area (Å²) in [7, 11) is 1.62. The Hall–Kier alpha value is -1.51. The van der Waals surface area contributed by atoms with Crippen LogP contribution in [0.3, 0.4) is 0 Å². The van der Waals surface area contributed by atoms with Crippen molar-refractivity contribution in [3.8, 4) is 5.75 Å². The Balaban J connectivity index is 1.97. The third-order valence-electron chi connectivity index (χ3n) is 5.55. The first-order valence-corrected chi connectivity index (χ1v) is 7.90. The van der Waals surface area contributed by atoms with E-state index in [0.29, 0.717) is 5.75 Å². The molecule has 1 aromatic carbocycles. The Kier molecular flexibility index (Phi) is 3.46. The maximum absolute atomic E-state index is 12.1. The SMILES string of the molecule is COc1ccc(C)cc1C1(C(=O)O)CC2(CCCCC2)C1. The number of hydrogen-bond donors (Lipinski definition) is 1. The number of methoxy groups -OCH3 is 1. The summed E-state index contributed by atoms with van der Waals surface area (Å²) in [4.78, 5) is 12.1. The van der Waals surface area contributed by atoms with Crippen molar-refractivity contribution in [3.63, 3.8) is 0 Å². The van der Waals surface area contributed by atoms with E-state index in [-0.39, 0.29) is 5.41 Å². The van der Waals surface area contributed by atoms with Crippen molar-refractivity contribution in [3.05, 3.63) is 29.3 Å². The van der Waals surface area contributed by atoms with Crippen LogP contribution in [0.25, 0.3) is 0 Å². The van der Waals surface area contributed by atoms with Gasteiger partial charge in [0.1, 0.15) is 5.75 Å². The van der Waals surface area contributed by atoms with Crippen LogP contribution in [0.5, 0.6) is 5.75 Å². The number of aliphatic carboxylic acids is 1. The third-order valence-corrected chi connectivity index (χ3v) is 5.55. The average Bonchev–Trinajstić information content (AvgIpc) is 2.45. The molecule has 0 aromatic heterocycles. The second-order valence-electron chi connectivity index (χ2n) is 7.01. The minimum Gasteiger partial charge on any atom is -0.496 e. The highest BCUT2D eigenvalue weighted by molar-refractivity contribution is 5.84. The van der Waals surface area contributed by atoms with Gasteiger partial charge in [-0.15, -0.1) is 0 Å². The van der Waals surface area contributed by atoms with Gasteiger partial charge in [-0.3, -0.25) is 4.79 Å². The van der Waals surface area contributed by atoms with Crippen LogP contribution in [0, 0.1) is 12.3 Å². The largest absolute Gasteiger partial charge is 0.496 e. The molecule has 114 valence electrons. The molecule has 0 unspecified atom stereocenters. The molecule has 0 heterocycles. The first-order chi connectivity index (χ1) is 10.0. The van der Waals surface area contributed by atoms with E-state index in [9.17, 15) is 9.90 Å². The highest BCUT2D eigenvalue weighted by Gasteiger charge is 2.60. The van der Waals surface area contributed by atoms with Gasteiger partial charge in [0.25, 0.3) is 0 Å². The Morgan fingerprint density at radius 1 is 1.19 bits per heavy atom. The summed E-state index contributed by atoms with van der Waals surface area (Å²) >= 11 is 0. The van der Waals surface area contributed by atoms with Gasteiger partial charge in [0.05, 0.1) is 12.5 Å². The summed E-state index contributed by atoms with van der Waals surface area (Å²) in [6.07, 6.45) is 7.73. The molecular weight excluding hydrogens is 264 g/mol. The molecule has 0 bridgehead atoms. The van der Waals surface area contributed by atoms with Crippen LogP contribution >= 0.6 is 0 Å². The van der Waals surface area contributed by atoms with E-state index < -0.39 is 11.4 Å². The predicted molar refractivity (Wildman–Crippen MR) is 81.8 cm³/mol. The zero-order valence-corrected chi connectivity index (χ0v) is 12.9. The molecule has 2 fully saturated rings. The molecule has 3 nitrogen and oxygen atoms in total. The fourth-order valence-corrected chi connectivity index (χ4v) is 4.54. The van der Waals surface area contributed by atoms with Gasteiger partial charge in [0.15, 0.2) is 0 Å². The lowest BCUT2D eigenvalue weighted by Crippen LogP contribution is -2.55. The van der Waals surface area contributed by atoms with Crippen molar-refractivity contribution >= 4 is 5.97 Å². The summed E-state index contributed by atoms with van der Waals surface area (Å²) in [5.41, 5.74) is 1.49. The van der Waals surface area contributed by atoms with Gasteiger partial charge in [-0.1, -0.05) is 37.0 Å². The number of benzene rings is 1. The zero-order valence-electron chi connectivity index (χ0n) is 12.9. The lowest BCUT2D eigenvalue weighted by Gasteiger charge is -2.56. The summed E-state index contributed by atoms with van der Waals surface area (Å²) in [5.74, 6) is 0.0243. The van der Waals surface area contributed by atoms with Crippen molar-refractivity contribution in [2.45, 2.75) is 57.3 Å². The molecule has 2 saturated carbocycles. The van der Waals surface area contributed by atoms with Crippen LogP contribution in [-0.4, -0.2) is 18.2 Å². The number of ether oxygens (including phenoxy) is 1. The van der Waals surface area contributed by atoms with Crippen molar-refractivity contribution in [2.75, 3.05) is 7.11 Å². The van der Waals surface area contributed by atoms with Crippen LogP contribution < -0.4 is 4.74 Å². The van der Waals surface area contributed by atoms with E-state index in [1.165, 1.54) is 32.1 Å². The molecule has 0 radical (unpaired) electrons. The molecular formula is C18H24O3. The lowest BCUT2D eigenvalue weighted by molar-refractivity contribution is -0.156. The van der Waals surface area contributed by atoms with Crippen LogP contribution in [0.1, 0.15) is 56.1 Å². The quantitative estimate of drug-likeness (QED) is 0.912. The van der Waals surface area contributed by atoms with Crippen LogP contribution in [0.2, 0.25) is 0 Å². The van der Waals surface area contributed by atoms with Crippen molar-refractivity contribution in [1.29, 1.82) is 0 Å². The molecule has 0 atom stereocenters. The number of aryl methyl sites for hydroxylation is 1. The lowest BCUT2D eigenvalue weighted by atomic mass is 9.46. The average molecular weight is 288 g/mol. The second-order valence-corrected chi connectivity index (χ2v) is 7.01. The number of hydrogen-bond acceptors (Lipinski definition) is 2. The van der Waals surface area contributed by atoms with E-state index in [0.717, 1.165) is 24.0 Å². The van der Waals surface area contributed by atoms with E-state index in [1.54, 1.807) is 7.11 Å². The van der Waals surface area contributed by atoms with Crippen LogP contribution in [-0.2, 0) is 10.2 Å². The molecule has 1 spiro atoms. The van der Waals surface area contributed by atoms with E-state index in [4.69, 9.17) is 4.74 Å². The van der Waals surface area contributed by atoms with Crippen molar-refractivity contribution in [2.24, 2.45) is 5.41 Å². The first-order valence-electron chi connectivity index (χ1n) is 7.90. The predicted octanol–water partition coefficient (Wildman–Crippen LogP) is 4.07. The van der Waals surface area contributed by atoms with Gasteiger partial charge < -0.3 is 9.84 Å². The second kappa shape index (κ2) is 5.04. The van der Waals surface area contributed by atoms with Crippen molar-refractivity contribution < 1.29 is 14.6 Å². The topological polar surface area (TPSA) is 46.5 Å². The Morgan fingerprint density at radius 3 is 2.43 bits per heavy atom. The summed E-state index contributed by atoms with van der Waals surface area (Å²) in [6, 6.07) is 5.89. The zero-order chi connectivity index (χ0) is 15.1. The summed E-state index contributed by atoms with van der Waals surface area (Å²) in [6.45, 7) is 2.01. The Morgan fingerprint density at radius 2 is 1.86 bits per heavy atom. The molecule has 0 saturated heterocycles. The van der Waals surface area contributed by atoms with E-state index in [1.807, 2.05) is 25.1 Å². The maximum Gasteiger partial charge on any atom is 0.314 e. The maximum atomic E-state index is 12.1. The van der Waals surface area contributed by atoms with Gasteiger partial charge in [-0.2, -0.15) is 0 Å². The summed E-state index contributed by atoms with van der Waals surface area (Å²) < 4.78 is 5.44. The molecule has 1 aromatic rings. The minimum absolute atomic E-state index is 0.269.